The number of carboxylic acid groups (broad SMARTS) is 1. The molecule has 7 heteroatoms. The van der Waals surface area contributed by atoms with Crippen molar-refractivity contribution < 1.29 is 23.1 Å². The topological polar surface area (TPSA) is 76.2 Å². The Hall–Kier alpha value is -1.63. The first kappa shape index (κ1) is 13.4. The standard InChI is InChI=1S/C10H11F3N2O2/c11-10(12,13)7-3-6(4-15-5-7)1-2-8(14)9(16)17/h3-5,8H,1-2,14H2,(H,16,17)/t8-/m0/s1. The Morgan fingerprint density at radius 1 is 1.47 bits per heavy atom. The minimum absolute atomic E-state index is 0.0678. The third kappa shape index (κ3) is 4.03. The lowest BCUT2D eigenvalue weighted by Crippen LogP contribution is -2.30. The quantitative estimate of drug-likeness (QED) is 0.845. The molecule has 94 valence electrons. The number of hydrogen-bond donors (Lipinski definition) is 2. The molecule has 3 N–H and O–H groups in total. The van der Waals surface area contributed by atoms with Crippen LogP contribution in [0.2, 0.25) is 0 Å². The summed E-state index contributed by atoms with van der Waals surface area (Å²) in [6.45, 7) is 0. The van der Waals surface area contributed by atoms with Gasteiger partial charge in [-0.05, 0) is 24.5 Å². The maximum Gasteiger partial charge on any atom is 0.417 e. The Labute approximate surface area is 95.3 Å². The van der Waals surface area contributed by atoms with Crippen LogP contribution < -0.4 is 5.73 Å². The number of aryl methyl sites for hydroxylation is 1. The molecule has 0 fully saturated rings. The number of nitrogens with zero attached hydrogens (tertiary/aromatic N) is 1. The average Bonchev–Trinajstić information content (AvgIpc) is 2.25. The zero-order chi connectivity index (χ0) is 13.1. The van der Waals surface area contributed by atoms with Gasteiger partial charge in [0.05, 0.1) is 5.56 Å². The van der Waals surface area contributed by atoms with E-state index in [0.29, 0.717) is 5.56 Å². The first-order valence-corrected chi connectivity index (χ1v) is 4.80. The number of carbonyl (C=O) groups is 1. The van der Waals surface area contributed by atoms with Crippen LogP contribution >= 0.6 is 0 Å². The van der Waals surface area contributed by atoms with Crippen LogP contribution in [-0.2, 0) is 17.4 Å². The highest BCUT2D eigenvalue weighted by Crippen LogP contribution is 2.29. The van der Waals surface area contributed by atoms with Crippen molar-refractivity contribution in [3.05, 3.63) is 29.6 Å². The number of pyridine rings is 1. The van der Waals surface area contributed by atoms with Crippen LogP contribution in [0, 0.1) is 0 Å². The van der Waals surface area contributed by atoms with Crippen LogP contribution in [0.1, 0.15) is 17.5 Å². The SMILES string of the molecule is N[C@@H](CCc1cncc(C(F)(F)F)c1)C(=O)O. The molecule has 0 aliphatic heterocycles. The van der Waals surface area contributed by atoms with Crippen molar-refractivity contribution in [2.75, 3.05) is 0 Å². The van der Waals surface area contributed by atoms with Crippen molar-refractivity contribution in [1.82, 2.24) is 4.98 Å². The number of aliphatic carboxylic acids is 1. The van der Waals surface area contributed by atoms with Gasteiger partial charge in [0, 0.05) is 12.4 Å². The van der Waals surface area contributed by atoms with Gasteiger partial charge in [0.25, 0.3) is 0 Å². The molecule has 1 heterocycles. The van der Waals surface area contributed by atoms with Crippen LogP contribution in [0.15, 0.2) is 18.5 Å². The minimum Gasteiger partial charge on any atom is -0.480 e. The summed E-state index contributed by atoms with van der Waals surface area (Å²) in [7, 11) is 0. The van der Waals surface area contributed by atoms with Crippen LogP contribution in [0.25, 0.3) is 0 Å². The zero-order valence-electron chi connectivity index (χ0n) is 8.74. The normalized spacial score (nSPS) is 13.4. The van der Waals surface area contributed by atoms with E-state index in [0.717, 1.165) is 12.3 Å². The van der Waals surface area contributed by atoms with Crippen molar-refractivity contribution in [2.45, 2.75) is 25.1 Å². The van der Waals surface area contributed by atoms with Gasteiger partial charge in [-0.1, -0.05) is 0 Å². The molecule has 1 rings (SSSR count). The molecule has 0 radical (unpaired) electrons. The fraction of sp³-hybridized carbons (Fsp3) is 0.400. The molecule has 0 saturated carbocycles. The van der Waals surface area contributed by atoms with Gasteiger partial charge in [-0.2, -0.15) is 13.2 Å². The smallest absolute Gasteiger partial charge is 0.417 e. The third-order valence-electron chi connectivity index (χ3n) is 2.18. The Balaban J connectivity index is 2.70. The molecule has 1 aromatic heterocycles. The molecule has 0 aliphatic carbocycles. The average molecular weight is 248 g/mol. The van der Waals surface area contributed by atoms with Crippen molar-refractivity contribution in [3.63, 3.8) is 0 Å². The van der Waals surface area contributed by atoms with E-state index in [-0.39, 0.29) is 12.8 Å². The Morgan fingerprint density at radius 2 is 2.12 bits per heavy atom. The van der Waals surface area contributed by atoms with E-state index in [1.54, 1.807) is 0 Å². The summed E-state index contributed by atoms with van der Waals surface area (Å²) in [5, 5.41) is 8.52. The highest BCUT2D eigenvalue weighted by atomic mass is 19.4. The van der Waals surface area contributed by atoms with E-state index >= 15 is 0 Å². The monoisotopic (exact) mass is 248 g/mol. The Morgan fingerprint density at radius 3 is 2.65 bits per heavy atom. The molecule has 0 unspecified atom stereocenters. The molecule has 0 spiro atoms. The van der Waals surface area contributed by atoms with Gasteiger partial charge >= 0.3 is 12.1 Å². The van der Waals surface area contributed by atoms with Crippen LogP contribution in [-0.4, -0.2) is 22.1 Å². The maximum absolute atomic E-state index is 12.3. The number of alkyl halides is 3. The second kappa shape index (κ2) is 5.13. The molecule has 1 atom stereocenters. The minimum atomic E-state index is -4.45. The van der Waals surface area contributed by atoms with Gasteiger partial charge in [-0.25, -0.2) is 0 Å². The van der Waals surface area contributed by atoms with Crippen LogP contribution in [0.4, 0.5) is 13.2 Å². The molecule has 0 aliphatic rings. The third-order valence-corrected chi connectivity index (χ3v) is 2.18. The van der Waals surface area contributed by atoms with Crippen molar-refractivity contribution in [2.24, 2.45) is 5.73 Å². The molecule has 0 bridgehead atoms. The lowest BCUT2D eigenvalue weighted by atomic mass is 10.1. The maximum atomic E-state index is 12.3. The molecule has 17 heavy (non-hydrogen) atoms. The Bertz CT molecular complexity index is 407. The van der Waals surface area contributed by atoms with E-state index in [4.69, 9.17) is 10.8 Å². The zero-order valence-corrected chi connectivity index (χ0v) is 8.74. The lowest BCUT2D eigenvalue weighted by molar-refractivity contribution is -0.139. The van der Waals surface area contributed by atoms with Crippen molar-refractivity contribution in [1.29, 1.82) is 0 Å². The van der Waals surface area contributed by atoms with E-state index in [1.165, 1.54) is 6.20 Å². The number of halogens is 3. The number of aromatic nitrogens is 1. The highest BCUT2D eigenvalue weighted by Gasteiger charge is 2.30. The summed E-state index contributed by atoms with van der Waals surface area (Å²) in [6, 6.07) is -0.133. The molecular formula is C10H11F3N2O2. The molecule has 0 aromatic carbocycles. The summed E-state index contributed by atoms with van der Waals surface area (Å²) in [6.07, 6.45) is -2.24. The largest absolute Gasteiger partial charge is 0.480 e. The first-order chi connectivity index (χ1) is 7.80. The van der Waals surface area contributed by atoms with Gasteiger partial charge in [0.1, 0.15) is 6.04 Å². The summed E-state index contributed by atoms with van der Waals surface area (Å²) in [4.78, 5) is 13.9. The molecule has 4 nitrogen and oxygen atoms in total. The predicted molar refractivity (Wildman–Crippen MR) is 53.2 cm³/mol. The van der Waals surface area contributed by atoms with Gasteiger partial charge in [0.15, 0.2) is 0 Å². The second-order valence-electron chi connectivity index (χ2n) is 3.56. The number of hydrogen-bond acceptors (Lipinski definition) is 3. The molecule has 0 amide bonds. The lowest BCUT2D eigenvalue weighted by Gasteiger charge is -2.09. The molecule has 1 aromatic rings. The summed E-state index contributed by atoms with van der Waals surface area (Å²) < 4.78 is 37.0. The van der Waals surface area contributed by atoms with Gasteiger partial charge in [-0.3, -0.25) is 9.78 Å². The van der Waals surface area contributed by atoms with Crippen molar-refractivity contribution >= 4 is 5.97 Å². The molecule has 0 saturated heterocycles. The van der Waals surface area contributed by atoms with Gasteiger partial charge < -0.3 is 10.8 Å². The van der Waals surface area contributed by atoms with Crippen molar-refractivity contribution in [3.8, 4) is 0 Å². The number of carboxylic acids is 1. The highest BCUT2D eigenvalue weighted by molar-refractivity contribution is 5.73. The summed E-state index contributed by atoms with van der Waals surface area (Å²) in [5.74, 6) is -1.18. The van der Waals surface area contributed by atoms with E-state index in [2.05, 4.69) is 4.98 Å². The van der Waals surface area contributed by atoms with E-state index < -0.39 is 23.8 Å². The fourth-order valence-electron chi connectivity index (χ4n) is 1.22. The fourth-order valence-corrected chi connectivity index (χ4v) is 1.22. The van der Waals surface area contributed by atoms with Gasteiger partial charge in [0.2, 0.25) is 0 Å². The number of rotatable bonds is 4. The first-order valence-electron chi connectivity index (χ1n) is 4.80. The summed E-state index contributed by atoms with van der Waals surface area (Å²) in [5.41, 5.74) is 4.71. The van der Waals surface area contributed by atoms with Crippen LogP contribution in [0.3, 0.4) is 0 Å². The van der Waals surface area contributed by atoms with Crippen LogP contribution in [0.5, 0.6) is 0 Å². The Kier molecular flexibility index (Phi) is 4.06. The predicted octanol–water partition coefficient (Wildman–Crippen LogP) is 1.44. The summed E-state index contributed by atoms with van der Waals surface area (Å²) >= 11 is 0. The van der Waals surface area contributed by atoms with Gasteiger partial charge in [-0.15, -0.1) is 0 Å². The van der Waals surface area contributed by atoms with E-state index in [1.807, 2.05) is 0 Å². The molecular weight excluding hydrogens is 237 g/mol. The number of nitrogens with two attached hydrogens (primary N) is 1. The van der Waals surface area contributed by atoms with E-state index in [9.17, 15) is 18.0 Å². The second-order valence-corrected chi connectivity index (χ2v) is 3.56.